The molecule has 0 spiro atoms. The molecule has 1 aromatic rings. The molecule has 0 saturated carbocycles. The Morgan fingerprint density at radius 1 is 1.36 bits per heavy atom. The summed E-state index contributed by atoms with van der Waals surface area (Å²) >= 11 is 0. The van der Waals surface area contributed by atoms with Crippen LogP contribution in [0.3, 0.4) is 0 Å². The summed E-state index contributed by atoms with van der Waals surface area (Å²) in [6, 6.07) is 7.97. The molecule has 0 aromatic heterocycles. The number of hydrogen-bond acceptors (Lipinski definition) is 3. The summed E-state index contributed by atoms with van der Waals surface area (Å²) in [5.74, 6) is 0.324. The highest BCUT2D eigenvalue weighted by Crippen LogP contribution is 2.28. The zero-order valence-electron chi connectivity index (χ0n) is 8.19. The van der Waals surface area contributed by atoms with E-state index in [1.807, 2.05) is 12.1 Å². The fourth-order valence-corrected chi connectivity index (χ4v) is 1.92. The van der Waals surface area contributed by atoms with Crippen LogP contribution in [-0.2, 0) is 0 Å². The van der Waals surface area contributed by atoms with E-state index in [1.54, 1.807) is 12.1 Å². The van der Waals surface area contributed by atoms with E-state index < -0.39 is 0 Å². The Balaban J connectivity index is 2.04. The summed E-state index contributed by atoms with van der Waals surface area (Å²) in [5.41, 5.74) is 6.72. The van der Waals surface area contributed by atoms with Gasteiger partial charge in [0.05, 0.1) is 0 Å². The smallest absolute Gasteiger partial charge is 0.115 e. The molecule has 1 aromatic carbocycles. The van der Waals surface area contributed by atoms with Gasteiger partial charge in [-0.2, -0.15) is 0 Å². The van der Waals surface area contributed by atoms with Crippen molar-refractivity contribution in [2.24, 2.45) is 5.73 Å². The summed E-state index contributed by atoms with van der Waals surface area (Å²) in [6.45, 7) is 1.86. The zero-order chi connectivity index (χ0) is 9.97. The fraction of sp³-hybridized carbons (Fsp3) is 0.455. The average Bonchev–Trinajstić information content (AvgIpc) is 2.16. The molecular weight excluding hydrogens is 176 g/mol. The third-order valence-electron chi connectivity index (χ3n) is 2.83. The van der Waals surface area contributed by atoms with Crippen LogP contribution in [0.4, 0.5) is 5.69 Å². The third kappa shape index (κ3) is 1.68. The molecule has 0 aliphatic carbocycles. The zero-order valence-corrected chi connectivity index (χ0v) is 8.19. The van der Waals surface area contributed by atoms with Crippen molar-refractivity contribution in [3.8, 4) is 5.75 Å². The van der Waals surface area contributed by atoms with Gasteiger partial charge in [0.1, 0.15) is 5.75 Å². The van der Waals surface area contributed by atoms with E-state index in [4.69, 9.17) is 10.8 Å². The van der Waals surface area contributed by atoms with Gasteiger partial charge in [-0.1, -0.05) is 0 Å². The lowest BCUT2D eigenvalue weighted by Gasteiger charge is -2.43. The number of phenolic OH excluding ortho intramolecular Hbond substituents is 1. The summed E-state index contributed by atoms with van der Waals surface area (Å²) in [5, 5.41) is 9.16. The SMILES string of the molecule is NCCC1CCN1c1ccc(O)cc1. The van der Waals surface area contributed by atoms with Crippen LogP contribution in [0.1, 0.15) is 12.8 Å². The van der Waals surface area contributed by atoms with Crippen molar-refractivity contribution in [1.29, 1.82) is 0 Å². The first-order valence-corrected chi connectivity index (χ1v) is 5.07. The topological polar surface area (TPSA) is 49.5 Å². The Morgan fingerprint density at radius 2 is 2.07 bits per heavy atom. The van der Waals surface area contributed by atoms with Crippen LogP contribution in [-0.4, -0.2) is 24.2 Å². The number of phenols is 1. The Bertz CT molecular complexity index is 297. The number of hydrogen-bond donors (Lipinski definition) is 2. The second-order valence-corrected chi connectivity index (χ2v) is 3.73. The monoisotopic (exact) mass is 192 g/mol. The standard InChI is InChI=1S/C11H16N2O/c12-7-5-10-6-8-13(10)9-1-3-11(14)4-2-9/h1-4,10,14H,5-8,12H2. The van der Waals surface area contributed by atoms with E-state index in [0.717, 1.165) is 19.5 Å². The molecule has 14 heavy (non-hydrogen) atoms. The molecule has 1 heterocycles. The Labute approximate surface area is 84.1 Å². The van der Waals surface area contributed by atoms with Gasteiger partial charge in [0.2, 0.25) is 0 Å². The molecule has 3 heteroatoms. The summed E-state index contributed by atoms with van der Waals surface area (Å²) < 4.78 is 0. The molecule has 0 radical (unpaired) electrons. The van der Waals surface area contributed by atoms with Gasteiger partial charge in [-0.3, -0.25) is 0 Å². The highest BCUT2D eigenvalue weighted by Gasteiger charge is 2.26. The van der Waals surface area contributed by atoms with Crippen LogP contribution < -0.4 is 10.6 Å². The molecular formula is C11H16N2O. The lowest BCUT2D eigenvalue weighted by atomic mass is 9.98. The van der Waals surface area contributed by atoms with Crippen molar-refractivity contribution >= 4 is 5.69 Å². The minimum atomic E-state index is 0.324. The molecule has 1 atom stereocenters. The Morgan fingerprint density at radius 3 is 2.57 bits per heavy atom. The molecule has 76 valence electrons. The molecule has 1 saturated heterocycles. The molecule has 3 nitrogen and oxygen atoms in total. The predicted octanol–water partition coefficient (Wildman–Crippen LogP) is 1.32. The number of anilines is 1. The van der Waals surface area contributed by atoms with Gasteiger partial charge in [-0.15, -0.1) is 0 Å². The van der Waals surface area contributed by atoms with E-state index in [9.17, 15) is 0 Å². The highest BCUT2D eigenvalue weighted by atomic mass is 16.3. The Hall–Kier alpha value is -1.22. The van der Waals surface area contributed by atoms with Crippen LogP contribution in [0.15, 0.2) is 24.3 Å². The number of benzene rings is 1. The third-order valence-corrected chi connectivity index (χ3v) is 2.83. The second-order valence-electron chi connectivity index (χ2n) is 3.73. The van der Waals surface area contributed by atoms with E-state index in [2.05, 4.69) is 4.90 Å². The summed E-state index contributed by atoms with van der Waals surface area (Å²) in [6.07, 6.45) is 2.29. The lowest BCUT2D eigenvalue weighted by molar-refractivity contribution is 0.427. The summed E-state index contributed by atoms with van der Waals surface area (Å²) in [4.78, 5) is 2.34. The number of nitrogens with zero attached hydrogens (tertiary/aromatic N) is 1. The lowest BCUT2D eigenvalue weighted by Crippen LogP contribution is -2.48. The maximum absolute atomic E-state index is 9.16. The quantitative estimate of drug-likeness (QED) is 0.759. The predicted molar refractivity (Wildman–Crippen MR) is 57.5 cm³/mol. The second kappa shape index (κ2) is 3.88. The van der Waals surface area contributed by atoms with E-state index in [0.29, 0.717) is 11.8 Å². The molecule has 0 bridgehead atoms. The maximum Gasteiger partial charge on any atom is 0.115 e. The van der Waals surface area contributed by atoms with E-state index >= 15 is 0 Å². The van der Waals surface area contributed by atoms with Crippen molar-refractivity contribution in [1.82, 2.24) is 0 Å². The van der Waals surface area contributed by atoms with Crippen molar-refractivity contribution < 1.29 is 5.11 Å². The van der Waals surface area contributed by atoms with Gasteiger partial charge in [0.15, 0.2) is 0 Å². The molecule has 3 N–H and O–H groups in total. The minimum Gasteiger partial charge on any atom is -0.508 e. The number of aromatic hydroxyl groups is 1. The van der Waals surface area contributed by atoms with Gasteiger partial charge in [-0.05, 0) is 43.7 Å². The molecule has 0 amide bonds. The van der Waals surface area contributed by atoms with Crippen molar-refractivity contribution in [2.45, 2.75) is 18.9 Å². The van der Waals surface area contributed by atoms with Gasteiger partial charge in [-0.25, -0.2) is 0 Å². The molecule has 1 aliphatic rings. The van der Waals surface area contributed by atoms with E-state index in [-0.39, 0.29) is 0 Å². The van der Waals surface area contributed by atoms with Gasteiger partial charge < -0.3 is 15.7 Å². The highest BCUT2D eigenvalue weighted by molar-refractivity contribution is 5.51. The fourth-order valence-electron chi connectivity index (χ4n) is 1.92. The van der Waals surface area contributed by atoms with Crippen LogP contribution in [0.25, 0.3) is 0 Å². The number of nitrogens with two attached hydrogens (primary N) is 1. The van der Waals surface area contributed by atoms with Crippen molar-refractivity contribution in [3.05, 3.63) is 24.3 Å². The molecule has 1 unspecified atom stereocenters. The van der Waals surface area contributed by atoms with Crippen LogP contribution in [0, 0.1) is 0 Å². The minimum absolute atomic E-state index is 0.324. The first kappa shape index (κ1) is 9.34. The largest absolute Gasteiger partial charge is 0.508 e. The molecule has 2 rings (SSSR count). The van der Waals surface area contributed by atoms with Gasteiger partial charge in [0, 0.05) is 18.3 Å². The van der Waals surface area contributed by atoms with Crippen LogP contribution in [0.2, 0.25) is 0 Å². The molecule has 1 fully saturated rings. The summed E-state index contributed by atoms with van der Waals surface area (Å²) in [7, 11) is 0. The van der Waals surface area contributed by atoms with Crippen molar-refractivity contribution in [2.75, 3.05) is 18.0 Å². The normalized spacial score (nSPS) is 20.6. The van der Waals surface area contributed by atoms with Crippen LogP contribution in [0.5, 0.6) is 5.75 Å². The average molecular weight is 192 g/mol. The molecule has 1 aliphatic heterocycles. The van der Waals surface area contributed by atoms with E-state index in [1.165, 1.54) is 12.1 Å². The van der Waals surface area contributed by atoms with Gasteiger partial charge in [0.25, 0.3) is 0 Å². The Kier molecular flexibility index (Phi) is 2.59. The first-order chi connectivity index (χ1) is 6.81. The first-order valence-electron chi connectivity index (χ1n) is 5.07. The number of rotatable bonds is 3. The van der Waals surface area contributed by atoms with Gasteiger partial charge >= 0.3 is 0 Å². The van der Waals surface area contributed by atoms with Crippen molar-refractivity contribution in [3.63, 3.8) is 0 Å². The maximum atomic E-state index is 9.16. The van der Waals surface area contributed by atoms with Crippen LogP contribution >= 0.6 is 0 Å².